The van der Waals surface area contributed by atoms with Gasteiger partial charge in [-0.05, 0) is 43.2 Å². The molecule has 1 aliphatic carbocycles. The summed E-state index contributed by atoms with van der Waals surface area (Å²) in [6, 6.07) is 6.08. The highest BCUT2D eigenvalue weighted by Gasteiger charge is 2.28. The fourth-order valence-electron chi connectivity index (χ4n) is 3.23. The second kappa shape index (κ2) is 6.42. The summed E-state index contributed by atoms with van der Waals surface area (Å²) < 4.78 is 5.42. The first-order chi connectivity index (χ1) is 9.15. The van der Waals surface area contributed by atoms with Gasteiger partial charge in [0.2, 0.25) is 0 Å². The Morgan fingerprint density at radius 1 is 1.26 bits per heavy atom. The first-order valence-corrected chi connectivity index (χ1v) is 7.48. The number of hydrogen-bond acceptors (Lipinski definition) is 2. The van der Waals surface area contributed by atoms with Crippen molar-refractivity contribution < 1.29 is 9.84 Å². The summed E-state index contributed by atoms with van der Waals surface area (Å²) in [6.45, 7) is 4.32. The van der Waals surface area contributed by atoms with Gasteiger partial charge in [-0.15, -0.1) is 0 Å². The Morgan fingerprint density at radius 2 is 1.95 bits per heavy atom. The molecule has 1 aromatic carbocycles. The minimum atomic E-state index is -0.381. The highest BCUT2D eigenvalue weighted by molar-refractivity contribution is 5.38. The molecule has 1 atom stereocenters. The van der Waals surface area contributed by atoms with Gasteiger partial charge < -0.3 is 9.84 Å². The van der Waals surface area contributed by atoms with Crippen LogP contribution in [-0.2, 0) is 0 Å². The summed E-state index contributed by atoms with van der Waals surface area (Å²) >= 11 is 0. The molecule has 0 bridgehead atoms. The van der Waals surface area contributed by atoms with Gasteiger partial charge in [0.1, 0.15) is 5.75 Å². The molecule has 1 N–H and O–H groups in total. The first-order valence-electron chi connectivity index (χ1n) is 7.48. The Kier molecular flexibility index (Phi) is 4.87. The minimum Gasteiger partial charge on any atom is -0.496 e. The lowest BCUT2D eigenvalue weighted by molar-refractivity contribution is 0.0709. The van der Waals surface area contributed by atoms with Crippen LogP contribution in [-0.4, -0.2) is 12.2 Å². The highest BCUT2D eigenvalue weighted by Crippen LogP contribution is 2.40. The number of hydrogen-bond donors (Lipinski definition) is 1. The topological polar surface area (TPSA) is 29.5 Å². The third-order valence-corrected chi connectivity index (χ3v) is 4.62. The Hall–Kier alpha value is -1.02. The molecule has 0 spiro atoms. The lowest BCUT2D eigenvalue weighted by Gasteiger charge is -2.31. The smallest absolute Gasteiger partial charge is 0.124 e. The van der Waals surface area contributed by atoms with Gasteiger partial charge in [-0.25, -0.2) is 0 Å². The molecule has 1 aliphatic rings. The number of aryl methyl sites for hydroxylation is 1. The van der Waals surface area contributed by atoms with E-state index in [4.69, 9.17) is 4.74 Å². The summed E-state index contributed by atoms with van der Waals surface area (Å²) in [6.07, 6.45) is 5.68. The number of methoxy groups -OCH3 is 1. The summed E-state index contributed by atoms with van der Waals surface area (Å²) in [5.41, 5.74) is 2.12. The minimum absolute atomic E-state index is 0.381. The summed E-state index contributed by atoms with van der Waals surface area (Å²) in [5, 5.41) is 10.6. The molecule has 106 valence electrons. The molecule has 0 amide bonds. The maximum Gasteiger partial charge on any atom is 0.124 e. The zero-order valence-corrected chi connectivity index (χ0v) is 12.4. The molecule has 1 unspecified atom stereocenters. The van der Waals surface area contributed by atoms with Crippen molar-refractivity contribution in [2.75, 3.05) is 7.11 Å². The van der Waals surface area contributed by atoms with Gasteiger partial charge in [-0.3, -0.25) is 0 Å². The number of benzene rings is 1. The standard InChI is InChI=1S/C17H26O2/c1-4-13-6-8-14(9-7-13)17(18)15-10-5-12(2)11-16(15)19-3/h5,10-11,13-14,17-18H,4,6-9H2,1-3H3. The molecular weight excluding hydrogens is 236 g/mol. The van der Waals surface area contributed by atoms with Crippen LogP contribution in [0, 0.1) is 18.8 Å². The predicted molar refractivity (Wildman–Crippen MR) is 78.4 cm³/mol. The zero-order valence-electron chi connectivity index (χ0n) is 12.4. The monoisotopic (exact) mass is 262 g/mol. The van der Waals surface area contributed by atoms with E-state index in [1.54, 1.807) is 7.11 Å². The van der Waals surface area contributed by atoms with Gasteiger partial charge in [-0.1, -0.05) is 38.3 Å². The second-order valence-corrected chi connectivity index (χ2v) is 5.88. The van der Waals surface area contributed by atoms with Crippen LogP contribution >= 0.6 is 0 Å². The second-order valence-electron chi connectivity index (χ2n) is 5.88. The molecule has 0 aromatic heterocycles. The molecule has 0 aliphatic heterocycles. The van der Waals surface area contributed by atoms with Gasteiger partial charge in [-0.2, -0.15) is 0 Å². The molecule has 2 nitrogen and oxygen atoms in total. The van der Waals surface area contributed by atoms with Crippen LogP contribution in [0.4, 0.5) is 0 Å². The van der Waals surface area contributed by atoms with E-state index in [2.05, 4.69) is 13.0 Å². The van der Waals surface area contributed by atoms with Gasteiger partial charge in [0.05, 0.1) is 13.2 Å². The number of aliphatic hydroxyl groups excluding tert-OH is 1. The van der Waals surface area contributed by atoms with Crippen LogP contribution in [0.2, 0.25) is 0 Å². The molecule has 0 radical (unpaired) electrons. The molecule has 1 aromatic rings. The fourth-order valence-corrected chi connectivity index (χ4v) is 3.23. The Labute approximate surface area is 116 Å². The van der Waals surface area contributed by atoms with Crippen LogP contribution in [0.15, 0.2) is 18.2 Å². The molecule has 0 saturated heterocycles. The number of ether oxygens (including phenoxy) is 1. The van der Waals surface area contributed by atoms with Crippen LogP contribution in [0.25, 0.3) is 0 Å². The highest BCUT2D eigenvalue weighted by atomic mass is 16.5. The Balaban J connectivity index is 2.09. The van der Waals surface area contributed by atoms with E-state index >= 15 is 0 Å². The average Bonchev–Trinajstić information content (AvgIpc) is 2.46. The van der Waals surface area contributed by atoms with Crippen molar-refractivity contribution in [2.45, 2.75) is 52.1 Å². The summed E-state index contributed by atoms with van der Waals surface area (Å²) in [4.78, 5) is 0. The molecular formula is C17H26O2. The molecule has 2 rings (SSSR count). The zero-order chi connectivity index (χ0) is 13.8. The normalized spacial score (nSPS) is 25.1. The van der Waals surface area contributed by atoms with E-state index in [1.807, 2.05) is 19.1 Å². The molecule has 1 saturated carbocycles. The number of aliphatic hydroxyl groups is 1. The third-order valence-electron chi connectivity index (χ3n) is 4.62. The predicted octanol–water partition coefficient (Wildman–Crippen LogP) is 4.25. The summed E-state index contributed by atoms with van der Waals surface area (Å²) in [7, 11) is 1.68. The van der Waals surface area contributed by atoms with E-state index in [1.165, 1.54) is 24.8 Å². The van der Waals surface area contributed by atoms with Gasteiger partial charge in [0.25, 0.3) is 0 Å². The lowest BCUT2D eigenvalue weighted by atomic mass is 9.77. The van der Waals surface area contributed by atoms with Crippen molar-refractivity contribution in [2.24, 2.45) is 11.8 Å². The maximum atomic E-state index is 10.6. The van der Waals surface area contributed by atoms with Crippen LogP contribution < -0.4 is 4.74 Å². The average molecular weight is 262 g/mol. The van der Waals surface area contributed by atoms with Crippen molar-refractivity contribution in [3.63, 3.8) is 0 Å². The van der Waals surface area contributed by atoms with Crippen LogP contribution in [0.1, 0.15) is 56.3 Å². The van der Waals surface area contributed by atoms with Crippen molar-refractivity contribution >= 4 is 0 Å². The van der Waals surface area contributed by atoms with E-state index < -0.39 is 0 Å². The molecule has 2 heteroatoms. The van der Waals surface area contributed by atoms with Crippen molar-refractivity contribution in [3.8, 4) is 5.75 Å². The maximum absolute atomic E-state index is 10.6. The SMILES string of the molecule is CCC1CCC(C(O)c2ccc(C)cc2OC)CC1. The quantitative estimate of drug-likeness (QED) is 0.878. The van der Waals surface area contributed by atoms with Crippen LogP contribution in [0.3, 0.4) is 0 Å². The molecule has 0 heterocycles. The van der Waals surface area contributed by atoms with Crippen molar-refractivity contribution in [1.29, 1.82) is 0 Å². The molecule has 19 heavy (non-hydrogen) atoms. The van der Waals surface area contributed by atoms with E-state index in [9.17, 15) is 5.11 Å². The van der Waals surface area contributed by atoms with E-state index in [0.29, 0.717) is 5.92 Å². The lowest BCUT2D eigenvalue weighted by Crippen LogP contribution is -2.20. The largest absolute Gasteiger partial charge is 0.496 e. The fraction of sp³-hybridized carbons (Fsp3) is 0.647. The number of rotatable bonds is 4. The van der Waals surface area contributed by atoms with E-state index in [0.717, 1.165) is 30.1 Å². The Morgan fingerprint density at radius 3 is 2.53 bits per heavy atom. The first kappa shape index (κ1) is 14.4. The van der Waals surface area contributed by atoms with Gasteiger partial charge in [0.15, 0.2) is 0 Å². The van der Waals surface area contributed by atoms with Gasteiger partial charge >= 0.3 is 0 Å². The van der Waals surface area contributed by atoms with Crippen LogP contribution in [0.5, 0.6) is 5.75 Å². The molecule has 1 fully saturated rings. The summed E-state index contributed by atoms with van der Waals surface area (Å²) in [5.74, 6) is 2.08. The van der Waals surface area contributed by atoms with Crippen molar-refractivity contribution in [3.05, 3.63) is 29.3 Å². The third kappa shape index (κ3) is 3.30. The Bertz CT molecular complexity index is 406. The van der Waals surface area contributed by atoms with E-state index in [-0.39, 0.29) is 6.10 Å². The van der Waals surface area contributed by atoms with Crippen molar-refractivity contribution in [1.82, 2.24) is 0 Å². The van der Waals surface area contributed by atoms with Gasteiger partial charge in [0, 0.05) is 5.56 Å².